The topological polar surface area (TPSA) is 93.5 Å². The smallest absolute Gasteiger partial charge is 0.273 e. The van der Waals surface area contributed by atoms with Crippen LogP contribution in [-0.4, -0.2) is 23.0 Å². The van der Waals surface area contributed by atoms with Crippen LogP contribution >= 0.6 is 11.3 Å². The lowest BCUT2D eigenvalue weighted by Crippen LogP contribution is -2.32. The van der Waals surface area contributed by atoms with Crippen LogP contribution in [0.5, 0.6) is 5.75 Å². The summed E-state index contributed by atoms with van der Waals surface area (Å²) >= 11 is 1.39. The van der Waals surface area contributed by atoms with E-state index in [1.54, 1.807) is 36.4 Å². The number of benzene rings is 1. The van der Waals surface area contributed by atoms with Gasteiger partial charge in [-0.15, -0.1) is 11.3 Å². The highest BCUT2D eigenvalue weighted by Crippen LogP contribution is 2.19. The molecule has 1 aromatic carbocycles. The van der Waals surface area contributed by atoms with Gasteiger partial charge in [0.2, 0.25) is 0 Å². The lowest BCUT2D eigenvalue weighted by Gasteiger charge is -2.08. The molecule has 3 aromatic rings. The van der Waals surface area contributed by atoms with Gasteiger partial charge in [0.15, 0.2) is 11.5 Å². The second kappa shape index (κ2) is 9.18. The predicted octanol–water partition coefficient (Wildman–Crippen LogP) is 4.10. The van der Waals surface area contributed by atoms with Crippen molar-refractivity contribution < 1.29 is 18.8 Å². The predicted molar refractivity (Wildman–Crippen MR) is 107 cm³/mol. The number of nitrogens with one attached hydrogen (secondary N) is 2. The van der Waals surface area contributed by atoms with Crippen molar-refractivity contribution in [2.45, 2.75) is 32.9 Å². The molecule has 0 saturated carbocycles. The minimum atomic E-state index is -0.268. The van der Waals surface area contributed by atoms with Crippen molar-refractivity contribution >= 4 is 28.8 Å². The Balaban J connectivity index is 1.51. The van der Waals surface area contributed by atoms with E-state index in [1.807, 2.05) is 25.3 Å². The Bertz CT molecular complexity index is 919. The van der Waals surface area contributed by atoms with Crippen LogP contribution in [-0.2, 0) is 6.61 Å². The highest BCUT2D eigenvalue weighted by atomic mass is 32.1. The van der Waals surface area contributed by atoms with Crippen LogP contribution in [0.2, 0.25) is 0 Å². The summed E-state index contributed by atoms with van der Waals surface area (Å²) in [6.07, 6.45) is 0.837. The standard InChI is InChI=1S/C20H21N3O4S/c1-3-13(2)21-19(24)17-11-16(27-23-17)12-26-15-8-6-14(7-9-15)22-20(25)18-5-4-10-28-18/h4-11,13H,3,12H2,1-2H3,(H,21,24)(H,22,25)/t13-/m0/s1. The number of carbonyl (C=O) groups is 2. The van der Waals surface area contributed by atoms with E-state index in [4.69, 9.17) is 9.26 Å². The molecule has 0 aliphatic carbocycles. The number of amides is 2. The van der Waals surface area contributed by atoms with E-state index in [-0.39, 0.29) is 30.2 Å². The van der Waals surface area contributed by atoms with E-state index < -0.39 is 0 Å². The van der Waals surface area contributed by atoms with Crippen LogP contribution in [0.15, 0.2) is 52.4 Å². The van der Waals surface area contributed by atoms with Gasteiger partial charge in [-0.25, -0.2) is 0 Å². The lowest BCUT2D eigenvalue weighted by atomic mass is 10.2. The van der Waals surface area contributed by atoms with Crippen molar-refractivity contribution in [3.8, 4) is 5.75 Å². The van der Waals surface area contributed by atoms with Crippen LogP contribution in [0.1, 0.15) is 46.2 Å². The van der Waals surface area contributed by atoms with E-state index in [0.29, 0.717) is 22.1 Å². The number of nitrogens with zero attached hydrogens (tertiary/aromatic N) is 1. The number of anilines is 1. The number of ether oxygens (including phenoxy) is 1. The van der Waals surface area contributed by atoms with Crippen molar-refractivity contribution in [2.75, 3.05) is 5.32 Å². The van der Waals surface area contributed by atoms with Crippen molar-refractivity contribution in [1.82, 2.24) is 10.5 Å². The first-order valence-electron chi connectivity index (χ1n) is 8.89. The summed E-state index contributed by atoms with van der Waals surface area (Å²) in [4.78, 5) is 24.7. The highest BCUT2D eigenvalue weighted by molar-refractivity contribution is 7.12. The van der Waals surface area contributed by atoms with Gasteiger partial charge in [-0.2, -0.15) is 0 Å². The third-order valence-electron chi connectivity index (χ3n) is 4.02. The Labute approximate surface area is 166 Å². The fraction of sp³-hybridized carbons (Fsp3) is 0.250. The largest absolute Gasteiger partial charge is 0.486 e. The molecule has 2 aromatic heterocycles. The minimum Gasteiger partial charge on any atom is -0.486 e. The first-order valence-corrected chi connectivity index (χ1v) is 9.77. The number of hydrogen-bond donors (Lipinski definition) is 2. The molecular formula is C20H21N3O4S. The number of aromatic nitrogens is 1. The number of hydrogen-bond acceptors (Lipinski definition) is 6. The van der Waals surface area contributed by atoms with Gasteiger partial charge in [0.05, 0.1) is 4.88 Å². The monoisotopic (exact) mass is 399 g/mol. The average molecular weight is 399 g/mol. The zero-order valence-electron chi connectivity index (χ0n) is 15.6. The molecule has 0 fully saturated rings. The number of thiophene rings is 1. The summed E-state index contributed by atoms with van der Waals surface area (Å²) < 4.78 is 10.8. The van der Waals surface area contributed by atoms with E-state index in [1.165, 1.54) is 11.3 Å². The van der Waals surface area contributed by atoms with Gasteiger partial charge in [-0.3, -0.25) is 9.59 Å². The second-order valence-corrected chi connectivity index (χ2v) is 7.15. The summed E-state index contributed by atoms with van der Waals surface area (Å²) in [6, 6.07) is 12.2. The molecule has 28 heavy (non-hydrogen) atoms. The van der Waals surface area contributed by atoms with Gasteiger partial charge in [0, 0.05) is 17.8 Å². The molecule has 146 valence electrons. The summed E-state index contributed by atoms with van der Waals surface area (Å²) in [5.74, 6) is 0.643. The quantitative estimate of drug-likeness (QED) is 0.595. The summed E-state index contributed by atoms with van der Waals surface area (Å²) in [5, 5.41) is 11.3. The van der Waals surface area contributed by atoms with Crippen molar-refractivity contribution in [1.29, 1.82) is 0 Å². The first kappa shape index (κ1) is 19.6. The van der Waals surface area contributed by atoms with Gasteiger partial charge in [0.1, 0.15) is 12.4 Å². The fourth-order valence-corrected chi connectivity index (χ4v) is 2.90. The molecular weight excluding hydrogens is 378 g/mol. The van der Waals surface area contributed by atoms with Gasteiger partial charge in [-0.05, 0) is 49.1 Å². The maximum Gasteiger partial charge on any atom is 0.273 e. The third-order valence-corrected chi connectivity index (χ3v) is 4.89. The van der Waals surface area contributed by atoms with Crippen LogP contribution in [0.25, 0.3) is 0 Å². The Kier molecular flexibility index (Phi) is 6.44. The first-order chi connectivity index (χ1) is 13.5. The molecule has 0 radical (unpaired) electrons. The SMILES string of the molecule is CC[C@H](C)NC(=O)c1cc(COc2ccc(NC(=O)c3cccs3)cc2)on1. The maximum atomic E-state index is 12.0. The van der Waals surface area contributed by atoms with E-state index >= 15 is 0 Å². The molecule has 8 heteroatoms. The molecule has 1 atom stereocenters. The average Bonchev–Trinajstić information content (AvgIpc) is 3.39. The Morgan fingerprint density at radius 3 is 2.68 bits per heavy atom. The third kappa shape index (κ3) is 5.20. The zero-order chi connectivity index (χ0) is 19.9. The molecule has 0 saturated heterocycles. The molecule has 0 bridgehead atoms. The van der Waals surface area contributed by atoms with Crippen molar-refractivity contribution in [3.63, 3.8) is 0 Å². The molecule has 0 spiro atoms. The normalized spacial score (nSPS) is 11.6. The number of rotatable bonds is 8. The fourth-order valence-electron chi connectivity index (χ4n) is 2.28. The van der Waals surface area contributed by atoms with E-state index in [0.717, 1.165) is 6.42 Å². The van der Waals surface area contributed by atoms with Crippen LogP contribution in [0, 0.1) is 0 Å². The summed E-state index contributed by atoms with van der Waals surface area (Å²) in [5.41, 5.74) is 0.903. The molecule has 7 nitrogen and oxygen atoms in total. The van der Waals surface area contributed by atoms with Crippen molar-refractivity contribution in [3.05, 3.63) is 64.2 Å². The molecule has 2 N–H and O–H groups in total. The van der Waals surface area contributed by atoms with Crippen LogP contribution in [0.3, 0.4) is 0 Å². The molecule has 0 unspecified atom stereocenters. The Morgan fingerprint density at radius 2 is 2.00 bits per heavy atom. The molecule has 0 aliphatic heterocycles. The lowest BCUT2D eigenvalue weighted by molar-refractivity contribution is 0.0929. The second-order valence-electron chi connectivity index (χ2n) is 6.21. The minimum absolute atomic E-state index is 0.0720. The highest BCUT2D eigenvalue weighted by Gasteiger charge is 2.14. The summed E-state index contributed by atoms with van der Waals surface area (Å²) in [7, 11) is 0. The van der Waals surface area contributed by atoms with Gasteiger partial charge >= 0.3 is 0 Å². The van der Waals surface area contributed by atoms with E-state index in [9.17, 15) is 9.59 Å². The van der Waals surface area contributed by atoms with Gasteiger partial charge in [0.25, 0.3) is 11.8 Å². The Morgan fingerprint density at radius 1 is 1.21 bits per heavy atom. The van der Waals surface area contributed by atoms with Crippen LogP contribution < -0.4 is 15.4 Å². The summed E-state index contributed by atoms with van der Waals surface area (Å²) in [6.45, 7) is 4.06. The molecule has 2 heterocycles. The number of carbonyl (C=O) groups excluding carboxylic acids is 2. The van der Waals surface area contributed by atoms with Gasteiger partial charge < -0.3 is 19.9 Å². The van der Waals surface area contributed by atoms with Crippen LogP contribution in [0.4, 0.5) is 5.69 Å². The molecule has 0 aliphatic rings. The molecule has 2 amide bonds. The Hall–Kier alpha value is -3.13. The zero-order valence-corrected chi connectivity index (χ0v) is 16.4. The van der Waals surface area contributed by atoms with E-state index in [2.05, 4.69) is 15.8 Å². The van der Waals surface area contributed by atoms with Gasteiger partial charge in [-0.1, -0.05) is 18.1 Å². The maximum absolute atomic E-state index is 12.0. The van der Waals surface area contributed by atoms with Crippen molar-refractivity contribution in [2.24, 2.45) is 0 Å². The molecule has 3 rings (SSSR count).